The molecule has 2 aromatic carbocycles. The standard InChI is InChI=1S/C29H36FN3O3/c1-20(2)31-28(34)18-33-27(23-8-7-9-24(30)14-23)15-22-10-11-25(16-26(22)29(33)35)36-19-21(3)17-32-12-5-4-6-13-32/h7-11,14-16,20-21H,4-6,12-13,17-19H2,1-3H3,(H,31,34). The van der Waals surface area contributed by atoms with Gasteiger partial charge in [-0.25, -0.2) is 4.39 Å². The molecule has 1 unspecified atom stereocenters. The topological polar surface area (TPSA) is 63.6 Å². The largest absolute Gasteiger partial charge is 0.493 e. The van der Waals surface area contributed by atoms with E-state index in [9.17, 15) is 14.0 Å². The van der Waals surface area contributed by atoms with Crippen LogP contribution >= 0.6 is 0 Å². The first kappa shape index (κ1) is 25.9. The number of nitrogens with one attached hydrogen (secondary N) is 1. The van der Waals surface area contributed by atoms with Crippen molar-refractivity contribution in [1.82, 2.24) is 14.8 Å². The van der Waals surface area contributed by atoms with E-state index in [4.69, 9.17) is 4.74 Å². The van der Waals surface area contributed by atoms with Gasteiger partial charge in [-0.15, -0.1) is 0 Å². The highest BCUT2D eigenvalue weighted by Gasteiger charge is 2.17. The van der Waals surface area contributed by atoms with Crippen LogP contribution in [0.2, 0.25) is 0 Å². The molecule has 0 bridgehead atoms. The molecule has 1 fully saturated rings. The van der Waals surface area contributed by atoms with Crippen LogP contribution in [-0.2, 0) is 11.3 Å². The summed E-state index contributed by atoms with van der Waals surface area (Å²) in [5.41, 5.74) is 0.727. The predicted molar refractivity (Wildman–Crippen MR) is 142 cm³/mol. The Morgan fingerprint density at radius 3 is 2.56 bits per heavy atom. The van der Waals surface area contributed by atoms with Crippen molar-refractivity contribution in [3.63, 3.8) is 0 Å². The van der Waals surface area contributed by atoms with Gasteiger partial charge in [0, 0.05) is 24.1 Å². The van der Waals surface area contributed by atoms with Crippen LogP contribution in [0.3, 0.4) is 0 Å². The number of carbonyl (C=O) groups excluding carboxylic acids is 1. The summed E-state index contributed by atoms with van der Waals surface area (Å²) in [6, 6.07) is 13.3. The molecule has 1 amide bonds. The van der Waals surface area contributed by atoms with Crippen LogP contribution in [0.25, 0.3) is 22.0 Å². The van der Waals surface area contributed by atoms with Crippen molar-refractivity contribution >= 4 is 16.7 Å². The number of pyridine rings is 1. The summed E-state index contributed by atoms with van der Waals surface area (Å²) in [7, 11) is 0. The van der Waals surface area contributed by atoms with Crippen LogP contribution in [0.15, 0.2) is 53.3 Å². The molecule has 1 N–H and O–H groups in total. The van der Waals surface area contributed by atoms with Crippen LogP contribution in [0, 0.1) is 11.7 Å². The second-order valence-electron chi connectivity index (χ2n) is 10.2. The van der Waals surface area contributed by atoms with Gasteiger partial charge in [0.2, 0.25) is 5.91 Å². The smallest absolute Gasteiger partial charge is 0.259 e. The molecular weight excluding hydrogens is 457 g/mol. The lowest BCUT2D eigenvalue weighted by molar-refractivity contribution is -0.122. The van der Waals surface area contributed by atoms with Gasteiger partial charge in [0.15, 0.2) is 0 Å². The zero-order valence-electron chi connectivity index (χ0n) is 21.4. The first-order chi connectivity index (χ1) is 17.3. The third kappa shape index (κ3) is 6.52. The average molecular weight is 494 g/mol. The van der Waals surface area contributed by atoms with Gasteiger partial charge in [0.05, 0.1) is 17.7 Å². The number of hydrogen-bond acceptors (Lipinski definition) is 4. The van der Waals surface area contributed by atoms with E-state index in [0.717, 1.165) is 19.6 Å². The van der Waals surface area contributed by atoms with E-state index in [1.54, 1.807) is 18.2 Å². The summed E-state index contributed by atoms with van der Waals surface area (Å²) < 4.78 is 21.5. The molecule has 0 aliphatic carbocycles. The minimum absolute atomic E-state index is 0.0572. The summed E-state index contributed by atoms with van der Waals surface area (Å²) in [5, 5.41) is 4.02. The maximum Gasteiger partial charge on any atom is 0.259 e. The number of fused-ring (bicyclic) bond motifs is 1. The van der Waals surface area contributed by atoms with Crippen molar-refractivity contribution in [3.8, 4) is 17.0 Å². The molecule has 36 heavy (non-hydrogen) atoms. The number of benzene rings is 2. The van der Waals surface area contributed by atoms with E-state index in [-0.39, 0.29) is 24.1 Å². The van der Waals surface area contributed by atoms with Crippen LogP contribution < -0.4 is 15.6 Å². The van der Waals surface area contributed by atoms with Crippen LogP contribution in [0.4, 0.5) is 4.39 Å². The Hall–Kier alpha value is -3.19. The molecule has 1 atom stereocenters. The van der Waals surface area contributed by atoms with Gasteiger partial charge >= 0.3 is 0 Å². The first-order valence-corrected chi connectivity index (χ1v) is 12.9. The molecule has 0 saturated carbocycles. The van der Waals surface area contributed by atoms with Gasteiger partial charge in [0.1, 0.15) is 18.1 Å². The van der Waals surface area contributed by atoms with Gasteiger partial charge in [-0.3, -0.25) is 14.2 Å². The van der Waals surface area contributed by atoms with Gasteiger partial charge in [0.25, 0.3) is 5.56 Å². The molecule has 3 aromatic rings. The fourth-order valence-electron chi connectivity index (χ4n) is 4.85. The summed E-state index contributed by atoms with van der Waals surface area (Å²) in [4.78, 5) is 28.7. The molecule has 4 rings (SSSR count). The number of aromatic nitrogens is 1. The van der Waals surface area contributed by atoms with E-state index >= 15 is 0 Å². The van der Waals surface area contributed by atoms with E-state index in [0.29, 0.717) is 40.3 Å². The Morgan fingerprint density at radius 2 is 1.83 bits per heavy atom. The normalized spacial score (nSPS) is 15.2. The molecular formula is C29H36FN3O3. The average Bonchev–Trinajstić information content (AvgIpc) is 2.84. The number of rotatable bonds is 9. The second kappa shape index (κ2) is 11.7. The lowest BCUT2D eigenvalue weighted by Crippen LogP contribution is -2.36. The lowest BCUT2D eigenvalue weighted by Gasteiger charge is -2.29. The maximum atomic E-state index is 14.0. The molecule has 7 heteroatoms. The highest BCUT2D eigenvalue weighted by atomic mass is 19.1. The summed E-state index contributed by atoms with van der Waals surface area (Å²) in [5.74, 6) is 0.316. The third-order valence-electron chi connectivity index (χ3n) is 6.51. The fourth-order valence-corrected chi connectivity index (χ4v) is 4.85. The van der Waals surface area contributed by atoms with Gasteiger partial charge in [-0.2, -0.15) is 0 Å². The molecule has 192 valence electrons. The zero-order chi connectivity index (χ0) is 25.7. The Morgan fingerprint density at radius 1 is 1.06 bits per heavy atom. The minimum atomic E-state index is -0.402. The van der Waals surface area contributed by atoms with Crippen molar-refractivity contribution in [2.24, 2.45) is 5.92 Å². The van der Waals surface area contributed by atoms with E-state index in [1.165, 1.54) is 36.0 Å². The zero-order valence-corrected chi connectivity index (χ0v) is 21.4. The molecule has 0 spiro atoms. The van der Waals surface area contributed by atoms with Gasteiger partial charge < -0.3 is 15.0 Å². The van der Waals surface area contributed by atoms with Crippen molar-refractivity contribution in [2.75, 3.05) is 26.2 Å². The lowest BCUT2D eigenvalue weighted by atomic mass is 10.1. The summed E-state index contributed by atoms with van der Waals surface area (Å²) in [6.45, 7) is 9.62. The SMILES string of the molecule is CC(COc1ccc2cc(-c3cccc(F)c3)n(CC(=O)NC(C)C)c(=O)c2c1)CN1CCCCC1. The highest BCUT2D eigenvalue weighted by Crippen LogP contribution is 2.26. The summed E-state index contributed by atoms with van der Waals surface area (Å²) in [6.07, 6.45) is 3.84. The van der Waals surface area contributed by atoms with E-state index in [2.05, 4.69) is 17.1 Å². The number of ether oxygens (including phenoxy) is 1. The van der Waals surface area contributed by atoms with Crippen LogP contribution in [0.5, 0.6) is 5.75 Å². The van der Waals surface area contributed by atoms with Crippen molar-refractivity contribution < 1.29 is 13.9 Å². The highest BCUT2D eigenvalue weighted by molar-refractivity contribution is 5.87. The molecule has 1 aromatic heterocycles. The quantitative estimate of drug-likeness (QED) is 0.464. The van der Waals surface area contributed by atoms with Crippen molar-refractivity contribution in [2.45, 2.75) is 52.6 Å². The Labute approximate surface area is 212 Å². The molecule has 6 nitrogen and oxygen atoms in total. The molecule has 1 aliphatic heterocycles. The minimum Gasteiger partial charge on any atom is -0.493 e. The number of amides is 1. The first-order valence-electron chi connectivity index (χ1n) is 12.9. The second-order valence-corrected chi connectivity index (χ2v) is 10.2. The van der Waals surface area contributed by atoms with E-state index < -0.39 is 5.82 Å². The van der Waals surface area contributed by atoms with Crippen LogP contribution in [0.1, 0.15) is 40.0 Å². The van der Waals surface area contributed by atoms with Crippen LogP contribution in [-0.4, -0.2) is 47.7 Å². The molecule has 0 radical (unpaired) electrons. The number of carbonyl (C=O) groups is 1. The monoisotopic (exact) mass is 493 g/mol. The van der Waals surface area contributed by atoms with Gasteiger partial charge in [-0.05, 0) is 75.5 Å². The Bertz CT molecular complexity index is 1260. The van der Waals surface area contributed by atoms with Crippen molar-refractivity contribution in [1.29, 1.82) is 0 Å². The maximum absolute atomic E-state index is 14.0. The van der Waals surface area contributed by atoms with Gasteiger partial charge in [-0.1, -0.05) is 31.5 Å². The predicted octanol–water partition coefficient (Wildman–Crippen LogP) is 4.83. The van der Waals surface area contributed by atoms with E-state index in [1.807, 2.05) is 32.0 Å². The summed E-state index contributed by atoms with van der Waals surface area (Å²) >= 11 is 0. The number of likely N-dealkylation sites (tertiary alicyclic amines) is 1. The molecule has 1 aliphatic rings. The molecule has 1 saturated heterocycles. The third-order valence-corrected chi connectivity index (χ3v) is 6.51. The Kier molecular flexibility index (Phi) is 8.41. The van der Waals surface area contributed by atoms with Crippen molar-refractivity contribution in [3.05, 3.63) is 64.7 Å². The number of piperidine rings is 1. The number of halogens is 1. The number of nitrogens with zero attached hydrogens (tertiary/aromatic N) is 2. The fraction of sp³-hybridized carbons (Fsp3) is 0.448. The number of hydrogen-bond donors (Lipinski definition) is 1. The molecule has 2 heterocycles. The Balaban J connectivity index is 1.62.